The molecule has 0 saturated carbocycles. The molecule has 1 heterocycles. The van der Waals surface area contributed by atoms with Gasteiger partial charge in [0.05, 0.1) is 12.2 Å². The molecule has 0 bridgehead atoms. The number of nitrogens with two attached hydrogens (primary N) is 1. The molecule has 1 aromatic carbocycles. The maximum absolute atomic E-state index is 5.64. The summed E-state index contributed by atoms with van der Waals surface area (Å²) in [5.74, 6) is 0. The summed E-state index contributed by atoms with van der Waals surface area (Å²) in [5.41, 5.74) is 10.6. The number of nitrogens with zero attached hydrogens (tertiary/aromatic N) is 2. The van der Waals surface area contributed by atoms with E-state index in [-0.39, 0.29) is 0 Å². The molecule has 0 amide bonds. The largest absolute Gasteiger partial charge is 0.366 e. The van der Waals surface area contributed by atoms with Crippen LogP contribution < -0.4 is 10.6 Å². The number of anilines is 1. The van der Waals surface area contributed by atoms with Crippen molar-refractivity contribution in [2.24, 2.45) is 5.73 Å². The summed E-state index contributed by atoms with van der Waals surface area (Å²) in [6.07, 6.45) is 2.79. The van der Waals surface area contributed by atoms with Gasteiger partial charge in [-0.2, -0.15) is 0 Å². The summed E-state index contributed by atoms with van der Waals surface area (Å²) in [5, 5.41) is 0. The first-order chi connectivity index (χ1) is 9.74. The normalized spacial score (nSPS) is 10.6. The highest BCUT2D eigenvalue weighted by Crippen LogP contribution is 2.21. The third-order valence-electron chi connectivity index (χ3n) is 3.57. The predicted octanol–water partition coefficient (Wildman–Crippen LogP) is 2.92. The van der Waals surface area contributed by atoms with Crippen LogP contribution in [-0.4, -0.2) is 18.1 Å². The highest BCUT2D eigenvalue weighted by Gasteiger charge is 2.07. The van der Waals surface area contributed by atoms with Crippen molar-refractivity contribution in [3.63, 3.8) is 0 Å². The molecule has 0 unspecified atom stereocenters. The quantitative estimate of drug-likeness (QED) is 0.876. The van der Waals surface area contributed by atoms with Crippen molar-refractivity contribution >= 4 is 5.69 Å². The average Bonchev–Trinajstić information content (AvgIpc) is 2.48. The number of benzene rings is 1. The van der Waals surface area contributed by atoms with E-state index in [0.717, 1.165) is 25.2 Å². The third kappa shape index (κ3) is 3.58. The van der Waals surface area contributed by atoms with Crippen molar-refractivity contribution in [1.82, 2.24) is 4.98 Å². The Labute approximate surface area is 121 Å². The molecule has 0 aliphatic rings. The Bertz CT molecular complexity index is 537. The Morgan fingerprint density at radius 2 is 2.05 bits per heavy atom. The summed E-state index contributed by atoms with van der Waals surface area (Å²) in [6, 6.07) is 12.7. The number of pyridine rings is 1. The molecule has 2 N–H and O–H groups in total. The molecular formula is C17H23N3. The molecule has 0 atom stereocenters. The molecule has 3 heteroatoms. The fraction of sp³-hybridized carbons (Fsp3) is 0.353. The van der Waals surface area contributed by atoms with E-state index >= 15 is 0 Å². The van der Waals surface area contributed by atoms with Gasteiger partial charge in [-0.3, -0.25) is 4.98 Å². The van der Waals surface area contributed by atoms with Gasteiger partial charge in [0.25, 0.3) is 0 Å². The molecule has 0 fully saturated rings. The monoisotopic (exact) mass is 269 g/mol. The van der Waals surface area contributed by atoms with Crippen molar-refractivity contribution in [1.29, 1.82) is 0 Å². The first-order valence-corrected chi connectivity index (χ1v) is 7.19. The molecular weight excluding hydrogens is 246 g/mol. The fourth-order valence-corrected chi connectivity index (χ4v) is 2.39. The van der Waals surface area contributed by atoms with E-state index < -0.39 is 0 Å². The zero-order valence-electron chi connectivity index (χ0n) is 12.3. The van der Waals surface area contributed by atoms with E-state index in [9.17, 15) is 0 Å². The second-order valence-electron chi connectivity index (χ2n) is 4.98. The highest BCUT2D eigenvalue weighted by molar-refractivity contribution is 5.51. The molecule has 3 nitrogen and oxygen atoms in total. The lowest BCUT2D eigenvalue weighted by atomic mass is 10.0. The zero-order valence-corrected chi connectivity index (χ0v) is 12.3. The standard InChI is InChI=1S/C17H23N3/c1-3-20(13-16-6-4-5-11-19-16)17-8-7-15(9-10-18)14(2)12-17/h4-8,11-12H,3,9-10,13,18H2,1-2H3. The molecule has 2 aromatic rings. The third-order valence-corrected chi connectivity index (χ3v) is 3.57. The first kappa shape index (κ1) is 14.5. The van der Waals surface area contributed by atoms with Gasteiger partial charge in [-0.15, -0.1) is 0 Å². The van der Waals surface area contributed by atoms with Crippen LogP contribution in [0.1, 0.15) is 23.7 Å². The van der Waals surface area contributed by atoms with Gasteiger partial charge < -0.3 is 10.6 Å². The lowest BCUT2D eigenvalue weighted by molar-refractivity contribution is 0.808. The van der Waals surface area contributed by atoms with Crippen LogP contribution in [-0.2, 0) is 13.0 Å². The lowest BCUT2D eigenvalue weighted by Crippen LogP contribution is -2.22. The van der Waals surface area contributed by atoms with Crippen LogP contribution in [0.25, 0.3) is 0 Å². The smallest absolute Gasteiger partial charge is 0.0601 e. The number of rotatable bonds is 6. The Morgan fingerprint density at radius 3 is 2.65 bits per heavy atom. The molecule has 0 aliphatic carbocycles. The molecule has 0 aliphatic heterocycles. The van der Waals surface area contributed by atoms with Gasteiger partial charge in [0.2, 0.25) is 0 Å². The van der Waals surface area contributed by atoms with Crippen molar-refractivity contribution in [3.8, 4) is 0 Å². The molecule has 0 spiro atoms. The second kappa shape index (κ2) is 7.06. The van der Waals surface area contributed by atoms with E-state index in [0.29, 0.717) is 6.54 Å². The Balaban J connectivity index is 2.17. The summed E-state index contributed by atoms with van der Waals surface area (Å²) >= 11 is 0. The van der Waals surface area contributed by atoms with Crippen LogP contribution in [0, 0.1) is 6.92 Å². The Kier molecular flexibility index (Phi) is 5.13. The van der Waals surface area contributed by atoms with Gasteiger partial charge in [0, 0.05) is 18.4 Å². The van der Waals surface area contributed by atoms with Crippen molar-refractivity contribution in [2.75, 3.05) is 18.0 Å². The fourth-order valence-electron chi connectivity index (χ4n) is 2.39. The van der Waals surface area contributed by atoms with Gasteiger partial charge in [0.15, 0.2) is 0 Å². The van der Waals surface area contributed by atoms with Gasteiger partial charge in [-0.1, -0.05) is 12.1 Å². The zero-order chi connectivity index (χ0) is 14.4. The number of aryl methyl sites for hydroxylation is 1. The maximum atomic E-state index is 5.64. The van der Waals surface area contributed by atoms with E-state index in [1.807, 2.05) is 18.3 Å². The highest BCUT2D eigenvalue weighted by atomic mass is 15.1. The van der Waals surface area contributed by atoms with Crippen LogP contribution in [0.3, 0.4) is 0 Å². The van der Waals surface area contributed by atoms with Gasteiger partial charge >= 0.3 is 0 Å². The summed E-state index contributed by atoms with van der Waals surface area (Å²) in [6.45, 7) is 6.83. The summed E-state index contributed by atoms with van der Waals surface area (Å²) in [7, 11) is 0. The number of hydrogen-bond acceptors (Lipinski definition) is 3. The average molecular weight is 269 g/mol. The van der Waals surface area contributed by atoms with Crippen LogP contribution in [0.4, 0.5) is 5.69 Å². The second-order valence-corrected chi connectivity index (χ2v) is 4.98. The lowest BCUT2D eigenvalue weighted by Gasteiger charge is -2.23. The van der Waals surface area contributed by atoms with Gasteiger partial charge in [-0.05, 0) is 62.2 Å². The molecule has 2 rings (SSSR count). The topological polar surface area (TPSA) is 42.2 Å². The maximum Gasteiger partial charge on any atom is 0.0601 e. The van der Waals surface area contributed by atoms with E-state index in [1.54, 1.807) is 0 Å². The van der Waals surface area contributed by atoms with Crippen molar-refractivity contribution in [2.45, 2.75) is 26.8 Å². The summed E-state index contributed by atoms with van der Waals surface area (Å²) < 4.78 is 0. The van der Waals surface area contributed by atoms with Crippen LogP contribution in [0.2, 0.25) is 0 Å². The summed E-state index contributed by atoms with van der Waals surface area (Å²) in [4.78, 5) is 6.74. The van der Waals surface area contributed by atoms with Crippen molar-refractivity contribution < 1.29 is 0 Å². The van der Waals surface area contributed by atoms with Crippen LogP contribution in [0.5, 0.6) is 0 Å². The predicted molar refractivity (Wildman–Crippen MR) is 84.9 cm³/mol. The molecule has 1 aromatic heterocycles. The molecule has 20 heavy (non-hydrogen) atoms. The van der Waals surface area contributed by atoms with E-state index in [2.05, 4.69) is 48.0 Å². The van der Waals surface area contributed by atoms with E-state index in [1.165, 1.54) is 16.8 Å². The minimum absolute atomic E-state index is 0.700. The molecule has 0 radical (unpaired) electrons. The van der Waals surface area contributed by atoms with Crippen molar-refractivity contribution in [3.05, 3.63) is 59.4 Å². The molecule has 106 valence electrons. The first-order valence-electron chi connectivity index (χ1n) is 7.19. The molecule has 0 saturated heterocycles. The number of aromatic nitrogens is 1. The van der Waals surface area contributed by atoms with Gasteiger partial charge in [0.1, 0.15) is 0 Å². The van der Waals surface area contributed by atoms with Crippen LogP contribution in [0.15, 0.2) is 42.6 Å². The Morgan fingerprint density at radius 1 is 1.20 bits per heavy atom. The van der Waals surface area contributed by atoms with E-state index in [4.69, 9.17) is 5.73 Å². The number of hydrogen-bond donors (Lipinski definition) is 1. The minimum atomic E-state index is 0.700. The SMILES string of the molecule is CCN(Cc1ccccn1)c1ccc(CCN)c(C)c1. The van der Waals surface area contributed by atoms with Crippen LogP contribution >= 0.6 is 0 Å². The van der Waals surface area contributed by atoms with Gasteiger partial charge in [-0.25, -0.2) is 0 Å². The minimum Gasteiger partial charge on any atom is -0.366 e. The Hall–Kier alpha value is -1.87.